The van der Waals surface area contributed by atoms with Gasteiger partial charge in [0.05, 0.1) is 5.69 Å². The van der Waals surface area contributed by atoms with Crippen LogP contribution in [0, 0.1) is 24.2 Å². The van der Waals surface area contributed by atoms with Crippen LogP contribution < -0.4 is 10.0 Å². The molecule has 0 aliphatic carbocycles. The number of pyridine rings is 1. The first-order valence-electron chi connectivity index (χ1n) is 9.73. The second-order valence-electron chi connectivity index (χ2n) is 7.40. The predicted molar refractivity (Wildman–Crippen MR) is 110 cm³/mol. The Morgan fingerprint density at radius 2 is 2.03 bits per heavy atom. The van der Waals surface area contributed by atoms with Gasteiger partial charge in [-0.1, -0.05) is 6.08 Å². The number of allylic oxidation sites excluding steroid dienone is 1. The van der Waals surface area contributed by atoms with Crippen molar-refractivity contribution in [1.82, 2.24) is 14.3 Å². The Hall–Kier alpha value is -3.24. The molecule has 0 radical (unpaired) electrons. The molecular weight excluding hydrogens is 466 g/mol. The molecule has 0 aromatic carbocycles. The van der Waals surface area contributed by atoms with Gasteiger partial charge < -0.3 is 9.88 Å². The lowest BCUT2D eigenvalue weighted by Crippen LogP contribution is -2.43. The van der Waals surface area contributed by atoms with Gasteiger partial charge >= 0.3 is 6.18 Å². The van der Waals surface area contributed by atoms with E-state index in [1.165, 1.54) is 17.6 Å². The molecule has 0 bridgehead atoms. The Morgan fingerprint density at radius 3 is 2.67 bits per heavy atom. The smallest absolute Gasteiger partial charge is 0.336 e. The average Bonchev–Trinajstić information content (AvgIpc) is 2.82. The summed E-state index contributed by atoms with van der Waals surface area (Å²) >= 11 is 0. The largest absolute Gasteiger partial charge is 0.404 e. The van der Waals surface area contributed by atoms with E-state index >= 15 is 0 Å². The Labute approximate surface area is 187 Å². The first-order valence-corrected chi connectivity index (χ1v) is 11.2. The maximum Gasteiger partial charge on any atom is 0.404 e. The van der Waals surface area contributed by atoms with Gasteiger partial charge in [-0.3, -0.25) is 4.79 Å². The number of hydrogen-bond acceptors (Lipinski definition) is 5. The number of fused-ring (bicyclic) bond motifs is 1. The minimum absolute atomic E-state index is 0.0639. The lowest BCUT2D eigenvalue weighted by atomic mass is 10.2. The van der Waals surface area contributed by atoms with Crippen molar-refractivity contribution < 1.29 is 30.8 Å². The van der Waals surface area contributed by atoms with Crippen LogP contribution in [0.25, 0.3) is 6.08 Å². The number of nitrogens with one attached hydrogen (secondary N) is 2. The summed E-state index contributed by atoms with van der Waals surface area (Å²) < 4.78 is 81.5. The number of carbonyl (C=O) groups excluding carboxylic acids is 1. The molecule has 0 fully saturated rings. The van der Waals surface area contributed by atoms with Crippen molar-refractivity contribution in [3.05, 3.63) is 46.8 Å². The fourth-order valence-electron chi connectivity index (χ4n) is 3.51. The Morgan fingerprint density at radius 1 is 1.33 bits per heavy atom. The second kappa shape index (κ2) is 8.95. The first-order chi connectivity index (χ1) is 15.3. The highest BCUT2D eigenvalue weighted by atomic mass is 32.2. The van der Waals surface area contributed by atoms with E-state index in [2.05, 4.69) is 10.3 Å². The maximum absolute atomic E-state index is 13.6. The van der Waals surface area contributed by atoms with Crippen LogP contribution in [0.2, 0.25) is 0 Å². The summed E-state index contributed by atoms with van der Waals surface area (Å²) in [5, 5.41) is 11.3. The Kier molecular flexibility index (Phi) is 6.62. The molecule has 2 aromatic heterocycles. The lowest BCUT2D eigenvalue weighted by Gasteiger charge is -2.17. The van der Waals surface area contributed by atoms with Crippen LogP contribution >= 0.6 is 0 Å². The predicted octanol–water partition coefficient (Wildman–Crippen LogP) is 3.49. The standard InChI is InChI=1S/C20H19F4N5O3S/c1-11-17(19(30)27-13-8-14(10-25)26-16(21)9-13)29-7-5-3-4-6-15(29)18(11)33(31,32)28-12(2)20(22,23)24/h4,6,8-9,12,28H,3,5,7H2,1-2H3,(H,26,27,30). The number of sulfonamides is 1. The summed E-state index contributed by atoms with van der Waals surface area (Å²) in [5.41, 5.74) is -0.474. The molecule has 0 spiro atoms. The molecule has 8 nitrogen and oxygen atoms in total. The molecule has 3 heterocycles. The number of carbonyl (C=O) groups is 1. The highest BCUT2D eigenvalue weighted by Crippen LogP contribution is 2.32. The third-order valence-electron chi connectivity index (χ3n) is 4.99. The van der Waals surface area contributed by atoms with Gasteiger partial charge in [0, 0.05) is 23.9 Å². The minimum Gasteiger partial charge on any atom is -0.336 e. The van der Waals surface area contributed by atoms with Gasteiger partial charge in [-0.05, 0) is 38.8 Å². The number of nitrogens with zero attached hydrogens (tertiary/aromatic N) is 3. The summed E-state index contributed by atoms with van der Waals surface area (Å²) in [6.45, 7) is 2.21. The monoisotopic (exact) mass is 485 g/mol. The molecule has 176 valence electrons. The van der Waals surface area contributed by atoms with Crippen molar-refractivity contribution in [2.45, 2.75) is 50.3 Å². The van der Waals surface area contributed by atoms with E-state index < -0.39 is 39.0 Å². The van der Waals surface area contributed by atoms with E-state index in [0.29, 0.717) is 19.8 Å². The topological polar surface area (TPSA) is 117 Å². The molecular formula is C20H19F4N5O3S. The van der Waals surface area contributed by atoms with Crippen LogP contribution in [0.15, 0.2) is 23.1 Å². The number of alkyl halides is 3. The van der Waals surface area contributed by atoms with E-state index in [9.17, 15) is 30.8 Å². The van der Waals surface area contributed by atoms with Crippen LogP contribution in [0.4, 0.5) is 23.2 Å². The molecule has 33 heavy (non-hydrogen) atoms. The molecule has 3 rings (SSSR count). The van der Waals surface area contributed by atoms with Gasteiger partial charge in [0.1, 0.15) is 28.4 Å². The van der Waals surface area contributed by atoms with Gasteiger partial charge in [-0.2, -0.15) is 27.5 Å². The molecule has 0 saturated heterocycles. The number of rotatable bonds is 5. The van der Waals surface area contributed by atoms with E-state index in [4.69, 9.17) is 5.26 Å². The summed E-state index contributed by atoms with van der Waals surface area (Å²) in [4.78, 5) is 16.0. The molecule has 1 atom stereocenters. The highest BCUT2D eigenvalue weighted by Gasteiger charge is 2.41. The molecule has 13 heteroatoms. The van der Waals surface area contributed by atoms with Crippen molar-refractivity contribution in [2.75, 3.05) is 5.32 Å². The van der Waals surface area contributed by atoms with Crippen LogP contribution in [0.5, 0.6) is 0 Å². The number of halogens is 4. The van der Waals surface area contributed by atoms with Crippen molar-refractivity contribution in [3.8, 4) is 6.07 Å². The van der Waals surface area contributed by atoms with Crippen molar-refractivity contribution >= 4 is 27.7 Å². The number of anilines is 1. The normalized spacial score (nSPS) is 14.8. The third kappa shape index (κ3) is 5.07. The summed E-state index contributed by atoms with van der Waals surface area (Å²) in [6, 6.07) is 1.31. The van der Waals surface area contributed by atoms with E-state index in [1.807, 2.05) is 0 Å². The number of aromatic nitrogens is 2. The van der Waals surface area contributed by atoms with Crippen LogP contribution in [-0.4, -0.2) is 36.1 Å². The average molecular weight is 485 g/mol. The quantitative estimate of drug-likeness (QED) is 0.497. The van der Waals surface area contributed by atoms with Crippen molar-refractivity contribution in [3.63, 3.8) is 0 Å². The summed E-state index contributed by atoms with van der Waals surface area (Å²) in [7, 11) is -4.67. The van der Waals surface area contributed by atoms with E-state index in [1.54, 1.807) is 16.9 Å². The summed E-state index contributed by atoms with van der Waals surface area (Å²) in [6.07, 6.45) is -0.578. The number of nitriles is 1. The molecule has 2 aromatic rings. The molecule has 1 aliphatic rings. The molecule has 1 amide bonds. The SMILES string of the molecule is Cc1c(S(=O)(=O)NC(C)C(F)(F)F)c2n(c1C(=O)Nc1cc(F)nc(C#N)c1)CCCC=C2. The third-order valence-corrected chi connectivity index (χ3v) is 6.71. The second-order valence-corrected chi connectivity index (χ2v) is 9.05. The Balaban J connectivity index is 2.10. The van der Waals surface area contributed by atoms with Crippen LogP contribution in [-0.2, 0) is 16.6 Å². The number of hydrogen-bond donors (Lipinski definition) is 2. The van der Waals surface area contributed by atoms with Gasteiger partial charge in [-0.15, -0.1) is 0 Å². The van der Waals surface area contributed by atoms with Crippen LogP contribution in [0.1, 0.15) is 47.2 Å². The fourth-order valence-corrected chi connectivity index (χ4v) is 5.18. The zero-order valence-electron chi connectivity index (χ0n) is 17.5. The zero-order chi connectivity index (χ0) is 24.6. The van der Waals surface area contributed by atoms with E-state index in [0.717, 1.165) is 12.1 Å². The molecule has 2 N–H and O–H groups in total. The maximum atomic E-state index is 13.6. The Bertz CT molecular complexity index is 1280. The van der Waals surface area contributed by atoms with Gasteiger partial charge in [-0.25, -0.2) is 13.4 Å². The number of amides is 1. The minimum atomic E-state index is -4.81. The van der Waals surface area contributed by atoms with Gasteiger partial charge in [0.15, 0.2) is 0 Å². The van der Waals surface area contributed by atoms with Gasteiger partial charge in [0.25, 0.3) is 5.91 Å². The zero-order valence-corrected chi connectivity index (χ0v) is 18.3. The van der Waals surface area contributed by atoms with Gasteiger partial charge in [0.2, 0.25) is 16.0 Å². The summed E-state index contributed by atoms with van der Waals surface area (Å²) in [5.74, 6) is -1.82. The fraction of sp³-hybridized carbons (Fsp3) is 0.350. The molecule has 0 saturated carbocycles. The van der Waals surface area contributed by atoms with Crippen molar-refractivity contribution in [2.24, 2.45) is 0 Å². The van der Waals surface area contributed by atoms with Crippen molar-refractivity contribution in [1.29, 1.82) is 5.26 Å². The molecule has 1 aliphatic heterocycles. The molecule has 1 unspecified atom stereocenters. The lowest BCUT2D eigenvalue weighted by molar-refractivity contribution is -0.147. The highest BCUT2D eigenvalue weighted by molar-refractivity contribution is 7.89. The van der Waals surface area contributed by atoms with E-state index in [-0.39, 0.29) is 34.9 Å². The van der Waals surface area contributed by atoms with Crippen LogP contribution in [0.3, 0.4) is 0 Å². The first kappa shape index (κ1) is 24.4.